The Morgan fingerprint density at radius 1 is 1.03 bits per heavy atom. The van der Waals surface area contributed by atoms with E-state index >= 15 is 0 Å². The lowest BCUT2D eigenvalue weighted by Gasteiger charge is -2.32. The number of amides is 2. The van der Waals surface area contributed by atoms with Crippen LogP contribution >= 0.6 is 0 Å². The zero-order valence-corrected chi connectivity index (χ0v) is 17.1. The summed E-state index contributed by atoms with van der Waals surface area (Å²) in [5.41, 5.74) is 6.81. The molecule has 0 radical (unpaired) electrons. The van der Waals surface area contributed by atoms with Crippen molar-refractivity contribution < 1.29 is 19.1 Å². The molecule has 6 nitrogen and oxygen atoms in total. The average Bonchev–Trinajstić information content (AvgIpc) is 3.11. The second-order valence-electron chi connectivity index (χ2n) is 8.21. The minimum atomic E-state index is -0.697. The molecule has 0 aliphatic carbocycles. The van der Waals surface area contributed by atoms with Gasteiger partial charge in [0, 0.05) is 5.56 Å². The molecule has 1 aliphatic heterocycles. The summed E-state index contributed by atoms with van der Waals surface area (Å²) < 4.78 is 11.6. The van der Waals surface area contributed by atoms with Crippen molar-refractivity contribution in [1.29, 1.82) is 0 Å². The van der Waals surface area contributed by atoms with Gasteiger partial charge in [0.25, 0.3) is 0 Å². The maximum Gasteiger partial charge on any atom is 0.411 e. The number of nitrogens with two attached hydrogens (primary N) is 1. The number of carbonyl (C=O) groups excluding carboxylic acids is 2. The van der Waals surface area contributed by atoms with Crippen molar-refractivity contribution in [2.45, 2.75) is 57.9 Å². The molecule has 0 aromatic heterocycles. The molecule has 2 aromatic carbocycles. The van der Waals surface area contributed by atoms with Crippen molar-refractivity contribution >= 4 is 12.0 Å². The number of hydrogen-bond acceptors (Lipinski definition) is 4. The van der Waals surface area contributed by atoms with Crippen molar-refractivity contribution in [3.05, 3.63) is 65.7 Å². The monoisotopic (exact) mass is 396 g/mol. The highest BCUT2D eigenvalue weighted by molar-refractivity contribution is 5.85. The number of likely N-dealkylation sites (tertiary alicyclic amines) is 1. The van der Waals surface area contributed by atoms with Crippen LogP contribution in [0.3, 0.4) is 0 Å². The highest BCUT2D eigenvalue weighted by atomic mass is 16.6. The molecular weight excluding hydrogens is 368 g/mol. The fourth-order valence-electron chi connectivity index (χ4n) is 3.59. The van der Waals surface area contributed by atoms with Crippen LogP contribution in [0.15, 0.2) is 54.6 Å². The number of nitrogens with zero attached hydrogens (tertiary/aromatic N) is 1. The van der Waals surface area contributed by atoms with Gasteiger partial charge in [-0.2, -0.15) is 0 Å². The smallest absolute Gasteiger partial charge is 0.411 e. The van der Waals surface area contributed by atoms with Gasteiger partial charge in [-0.25, -0.2) is 4.79 Å². The van der Waals surface area contributed by atoms with E-state index in [0.717, 1.165) is 11.1 Å². The minimum Gasteiger partial charge on any atom is -0.489 e. The third kappa shape index (κ3) is 5.08. The summed E-state index contributed by atoms with van der Waals surface area (Å²) >= 11 is 0. The Hall–Kier alpha value is -3.02. The van der Waals surface area contributed by atoms with Gasteiger partial charge in [-0.05, 0) is 45.2 Å². The van der Waals surface area contributed by atoms with Crippen molar-refractivity contribution in [2.75, 3.05) is 0 Å². The van der Waals surface area contributed by atoms with E-state index in [1.165, 1.54) is 4.90 Å². The van der Waals surface area contributed by atoms with Crippen LogP contribution in [0.25, 0.3) is 0 Å². The molecule has 1 aliphatic rings. The molecule has 29 heavy (non-hydrogen) atoms. The molecule has 0 bridgehead atoms. The molecule has 3 rings (SSSR count). The molecule has 1 fully saturated rings. The van der Waals surface area contributed by atoms with Crippen LogP contribution in [0.2, 0.25) is 0 Å². The zero-order chi connectivity index (χ0) is 21.0. The van der Waals surface area contributed by atoms with Gasteiger partial charge in [0.15, 0.2) is 0 Å². The summed E-state index contributed by atoms with van der Waals surface area (Å²) in [5, 5.41) is 0. The maximum absolute atomic E-state index is 12.9. The van der Waals surface area contributed by atoms with E-state index in [0.29, 0.717) is 25.2 Å². The second-order valence-corrected chi connectivity index (χ2v) is 8.21. The molecule has 0 spiro atoms. The summed E-state index contributed by atoms with van der Waals surface area (Å²) in [6.07, 6.45) is 0.562. The van der Waals surface area contributed by atoms with E-state index in [2.05, 4.69) is 0 Å². The number of hydrogen-bond donors (Lipinski definition) is 1. The van der Waals surface area contributed by atoms with Crippen molar-refractivity contribution in [3.8, 4) is 5.75 Å². The lowest BCUT2D eigenvalue weighted by molar-refractivity contribution is -0.122. The summed E-state index contributed by atoms with van der Waals surface area (Å²) in [5.74, 6) is 0.154. The van der Waals surface area contributed by atoms with Crippen LogP contribution in [-0.2, 0) is 16.1 Å². The van der Waals surface area contributed by atoms with Crippen LogP contribution in [0.1, 0.15) is 50.8 Å². The highest BCUT2D eigenvalue weighted by Gasteiger charge is 2.43. The van der Waals surface area contributed by atoms with E-state index in [4.69, 9.17) is 15.2 Å². The predicted octanol–water partition coefficient (Wildman–Crippen LogP) is 4.19. The van der Waals surface area contributed by atoms with E-state index in [-0.39, 0.29) is 6.04 Å². The first-order valence-electron chi connectivity index (χ1n) is 9.82. The Kier molecular flexibility index (Phi) is 6.11. The van der Waals surface area contributed by atoms with Crippen molar-refractivity contribution in [3.63, 3.8) is 0 Å². The normalized spacial score (nSPS) is 19.1. The first kappa shape index (κ1) is 20.7. The highest BCUT2D eigenvalue weighted by Crippen LogP contribution is 2.41. The number of para-hydroxylation sites is 1. The van der Waals surface area contributed by atoms with Gasteiger partial charge < -0.3 is 15.2 Å². The first-order chi connectivity index (χ1) is 13.8. The summed E-state index contributed by atoms with van der Waals surface area (Å²) in [6, 6.07) is 16.4. The lowest BCUT2D eigenvalue weighted by atomic mass is 10.0. The Balaban J connectivity index is 1.87. The third-order valence-corrected chi connectivity index (χ3v) is 4.83. The molecule has 2 aromatic rings. The van der Waals surface area contributed by atoms with Gasteiger partial charge in [0.05, 0.1) is 6.04 Å². The molecule has 154 valence electrons. The maximum atomic E-state index is 12.9. The SMILES string of the molecule is CC(C)(C)OC(=O)N1[C@@H](C(N)=O)CC[C@H]1c1ccccc1OCc1ccccc1. The number of ether oxygens (including phenoxy) is 2. The van der Waals surface area contributed by atoms with Gasteiger partial charge in [-0.15, -0.1) is 0 Å². The fourth-order valence-corrected chi connectivity index (χ4v) is 3.59. The largest absolute Gasteiger partial charge is 0.489 e. The predicted molar refractivity (Wildman–Crippen MR) is 110 cm³/mol. The van der Waals surface area contributed by atoms with Crippen LogP contribution in [0.4, 0.5) is 4.79 Å². The van der Waals surface area contributed by atoms with E-state index in [1.54, 1.807) is 20.8 Å². The van der Waals surface area contributed by atoms with E-state index in [1.807, 2.05) is 54.6 Å². The van der Waals surface area contributed by atoms with Gasteiger partial charge in [-0.1, -0.05) is 48.5 Å². The Morgan fingerprint density at radius 2 is 1.69 bits per heavy atom. The molecule has 2 amide bonds. The topological polar surface area (TPSA) is 81.9 Å². The van der Waals surface area contributed by atoms with Gasteiger partial charge in [-0.3, -0.25) is 9.69 Å². The van der Waals surface area contributed by atoms with E-state index < -0.39 is 23.6 Å². The molecule has 6 heteroatoms. The number of rotatable bonds is 5. The molecule has 0 unspecified atom stereocenters. The second kappa shape index (κ2) is 8.55. The van der Waals surface area contributed by atoms with Gasteiger partial charge in [0.2, 0.25) is 5.91 Å². The summed E-state index contributed by atoms with van der Waals surface area (Å²) in [7, 11) is 0. The quantitative estimate of drug-likeness (QED) is 0.821. The molecule has 0 saturated carbocycles. The fraction of sp³-hybridized carbons (Fsp3) is 0.391. The molecule has 1 heterocycles. The van der Waals surface area contributed by atoms with Crippen molar-refractivity contribution in [1.82, 2.24) is 4.90 Å². The van der Waals surface area contributed by atoms with E-state index in [9.17, 15) is 9.59 Å². The number of carbonyl (C=O) groups is 2. The number of primary amides is 1. The Bertz CT molecular complexity index is 861. The molecule has 1 saturated heterocycles. The molecule has 2 N–H and O–H groups in total. The summed E-state index contributed by atoms with van der Waals surface area (Å²) in [4.78, 5) is 26.4. The van der Waals surface area contributed by atoms with Crippen LogP contribution in [-0.4, -0.2) is 28.5 Å². The van der Waals surface area contributed by atoms with Gasteiger partial charge in [0.1, 0.15) is 24.0 Å². The Morgan fingerprint density at radius 3 is 2.34 bits per heavy atom. The van der Waals surface area contributed by atoms with Crippen LogP contribution in [0.5, 0.6) is 5.75 Å². The van der Waals surface area contributed by atoms with Gasteiger partial charge >= 0.3 is 6.09 Å². The average molecular weight is 396 g/mol. The third-order valence-electron chi connectivity index (χ3n) is 4.83. The Labute approximate surface area is 171 Å². The zero-order valence-electron chi connectivity index (χ0n) is 17.1. The standard InChI is InChI=1S/C23H28N2O4/c1-23(2,3)29-22(27)25-18(13-14-19(25)21(24)26)17-11-7-8-12-20(17)28-15-16-9-5-4-6-10-16/h4-12,18-19H,13-15H2,1-3H3,(H2,24,26)/t18-,19+/m0/s1. The minimum absolute atomic E-state index is 0.339. The molecule has 2 atom stereocenters. The van der Waals surface area contributed by atoms with Crippen LogP contribution in [0, 0.1) is 0 Å². The lowest BCUT2D eigenvalue weighted by Crippen LogP contribution is -2.46. The first-order valence-corrected chi connectivity index (χ1v) is 9.82. The summed E-state index contributed by atoms with van der Waals surface area (Å²) in [6.45, 7) is 5.81. The molecular formula is C23H28N2O4. The number of benzene rings is 2. The van der Waals surface area contributed by atoms with Crippen molar-refractivity contribution in [2.24, 2.45) is 5.73 Å². The van der Waals surface area contributed by atoms with Crippen LogP contribution < -0.4 is 10.5 Å².